The number of hydrogen-bond donors (Lipinski definition) is 2. The Labute approximate surface area is 127 Å². The van der Waals surface area contributed by atoms with Gasteiger partial charge >= 0.3 is 0 Å². The lowest BCUT2D eigenvalue weighted by molar-refractivity contribution is 0.281. The summed E-state index contributed by atoms with van der Waals surface area (Å²) >= 11 is 0. The van der Waals surface area contributed by atoms with Gasteiger partial charge in [0.1, 0.15) is 0 Å². The SMILES string of the molecule is Cc1ccc(CO)cc1S(=O)(=O)NCCCC1CCCC1. The number of hydrogen-bond acceptors (Lipinski definition) is 3. The number of sulfonamides is 1. The van der Waals surface area contributed by atoms with Crippen LogP contribution in [0.5, 0.6) is 0 Å². The van der Waals surface area contributed by atoms with Gasteiger partial charge in [0.25, 0.3) is 0 Å². The smallest absolute Gasteiger partial charge is 0.240 e. The topological polar surface area (TPSA) is 66.4 Å². The van der Waals surface area contributed by atoms with Gasteiger partial charge in [-0.15, -0.1) is 0 Å². The first-order valence-electron chi connectivity index (χ1n) is 7.73. The summed E-state index contributed by atoms with van der Waals surface area (Å²) in [7, 11) is -3.48. The van der Waals surface area contributed by atoms with E-state index < -0.39 is 10.0 Å². The number of aliphatic hydroxyl groups is 1. The first kappa shape index (κ1) is 16.5. The van der Waals surface area contributed by atoms with Crippen molar-refractivity contribution in [3.63, 3.8) is 0 Å². The quantitative estimate of drug-likeness (QED) is 0.761. The first-order chi connectivity index (χ1) is 10.0. The van der Waals surface area contributed by atoms with Crippen molar-refractivity contribution in [1.29, 1.82) is 0 Å². The zero-order valence-corrected chi connectivity index (χ0v) is 13.5. The summed E-state index contributed by atoms with van der Waals surface area (Å²) in [6.45, 7) is 2.11. The van der Waals surface area contributed by atoms with Crippen LogP contribution >= 0.6 is 0 Å². The maximum atomic E-state index is 12.3. The summed E-state index contributed by atoms with van der Waals surface area (Å²) in [5.41, 5.74) is 1.32. The Morgan fingerprint density at radius 1 is 1.29 bits per heavy atom. The molecule has 4 nitrogen and oxygen atoms in total. The fraction of sp³-hybridized carbons (Fsp3) is 0.625. The molecular formula is C16H25NO3S. The highest BCUT2D eigenvalue weighted by atomic mass is 32.2. The van der Waals surface area contributed by atoms with Crippen LogP contribution in [0.3, 0.4) is 0 Å². The number of rotatable bonds is 7. The van der Waals surface area contributed by atoms with Gasteiger partial charge in [0.05, 0.1) is 11.5 Å². The van der Waals surface area contributed by atoms with Gasteiger partial charge in [-0.2, -0.15) is 0 Å². The Bertz CT molecular complexity index is 563. The number of benzene rings is 1. The van der Waals surface area contributed by atoms with Crippen LogP contribution < -0.4 is 4.72 Å². The zero-order valence-electron chi connectivity index (χ0n) is 12.6. The van der Waals surface area contributed by atoms with Crippen molar-refractivity contribution in [3.05, 3.63) is 29.3 Å². The van der Waals surface area contributed by atoms with Crippen LogP contribution in [0.4, 0.5) is 0 Å². The Kier molecular flexibility index (Phi) is 5.79. The second kappa shape index (κ2) is 7.38. The van der Waals surface area contributed by atoms with Gasteiger partial charge in [-0.05, 0) is 42.9 Å². The van der Waals surface area contributed by atoms with Crippen LogP contribution in [0.2, 0.25) is 0 Å². The molecule has 1 fully saturated rings. The van der Waals surface area contributed by atoms with Crippen LogP contribution in [0.25, 0.3) is 0 Å². The molecule has 0 aliphatic heterocycles. The third-order valence-electron chi connectivity index (χ3n) is 4.28. The molecule has 1 aromatic rings. The van der Waals surface area contributed by atoms with Crippen molar-refractivity contribution in [2.45, 2.75) is 57.0 Å². The van der Waals surface area contributed by atoms with E-state index in [2.05, 4.69) is 4.72 Å². The first-order valence-corrected chi connectivity index (χ1v) is 9.21. The van der Waals surface area contributed by atoms with Gasteiger partial charge in [0.2, 0.25) is 10.0 Å². The van der Waals surface area contributed by atoms with Gasteiger partial charge in [0.15, 0.2) is 0 Å². The van der Waals surface area contributed by atoms with Crippen molar-refractivity contribution in [1.82, 2.24) is 4.72 Å². The van der Waals surface area contributed by atoms with Crippen LogP contribution in [0.1, 0.15) is 49.7 Å². The molecule has 1 saturated carbocycles. The van der Waals surface area contributed by atoms with Crippen LogP contribution in [0, 0.1) is 12.8 Å². The second-order valence-electron chi connectivity index (χ2n) is 5.95. The van der Waals surface area contributed by atoms with Crippen LogP contribution in [0.15, 0.2) is 23.1 Å². The number of nitrogens with one attached hydrogen (secondary N) is 1. The molecule has 1 aliphatic carbocycles. The van der Waals surface area contributed by atoms with E-state index in [0.29, 0.717) is 17.7 Å². The number of aryl methyl sites for hydroxylation is 1. The minimum atomic E-state index is -3.48. The third-order valence-corrected chi connectivity index (χ3v) is 5.88. The second-order valence-corrected chi connectivity index (χ2v) is 7.68. The molecule has 2 N–H and O–H groups in total. The molecule has 1 aromatic carbocycles. The molecule has 0 radical (unpaired) electrons. The molecule has 118 valence electrons. The Morgan fingerprint density at radius 3 is 2.67 bits per heavy atom. The summed E-state index contributed by atoms with van der Waals surface area (Å²) in [5.74, 6) is 0.786. The molecule has 21 heavy (non-hydrogen) atoms. The lowest BCUT2D eigenvalue weighted by Crippen LogP contribution is -2.26. The monoisotopic (exact) mass is 311 g/mol. The van der Waals surface area contributed by atoms with E-state index in [1.54, 1.807) is 25.1 Å². The van der Waals surface area contributed by atoms with Crippen LogP contribution in [-0.2, 0) is 16.6 Å². The average molecular weight is 311 g/mol. The van der Waals surface area contributed by atoms with Gasteiger partial charge in [-0.1, -0.05) is 37.8 Å². The molecule has 5 heteroatoms. The zero-order chi connectivity index (χ0) is 15.3. The molecular weight excluding hydrogens is 286 g/mol. The molecule has 0 spiro atoms. The predicted molar refractivity (Wildman–Crippen MR) is 83.5 cm³/mol. The molecule has 0 atom stereocenters. The van der Waals surface area contributed by atoms with E-state index in [9.17, 15) is 8.42 Å². The third kappa shape index (κ3) is 4.53. The number of aliphatic hydroxyl groups excluding tert-OH is 1. The lowest BCUT2D eigenvalue weighted by atomic mass is 10.0. The molecule has 2 rings (SSSR count). The maximum absolute atomic E-state index is 12.3. The molecule has 0 heterocycles. The summed E-state index contributed by atoms with van der Waals surface area (Å²) < 4.78 is 27.3. The lowest BCUT2D eigenvalue weighted by Gasteiger charge is -2.12. The normalized spacial score (nSPS) is 16.5. The van der Waals surface area contributed by atoms with E-state index in [-0.39, 0.29) is 11.5 Å². The van der Waals surface area contributed by atoms with Crippen molar-refractivity contribution in [3.8, 4) is 0 Å². The summed E-state index contributed by atoms with van der Waals surface area (Å²) in [5, 5.41) is 9.14. The van der Waals surface area contributed by atoms with Gasteiger partial charge in [-0.25, -0.2) is 13.1 Å². The van der Waals surface area contributed by atoms with Crippen molar-refractivity contribution in [2.24, 2.45) is 5.92 Å². The highest BCUT2D eigenvalue weighted by Gasteiger charge is 2.18. The Morgan fingerprint density at radius 2 is 2.00 bits per heavy atom. The van der Waals surface area contributed by atoms with Crippen molar-refractivity contribution < 1.29 is 13.5 Å². The summed E-state index contributed by atoms with van der Waals surface area (Å²) in [4.78, 5) is 0.273. The van der Waals surface area contributed by atoms with E-state index in [4.69, 9.17) is 5.11 Å². The average Bonchev–Trinajstić information content (AvgIpc) is 2.97. The molecule has 0 amide bonds. The summed E-state index contributed by atoms with van der Waals surface area (Å²) in [6.07, 6.45) is 7.24. The largest absolute Gasteiger partial charge is 0.392 e. The Balaban J connectivity index is 1.91. The minimum Gasteiger partial charge on any atom is -0.392 e. The molecule has 1 aliphatic rings. The summed E-state index contributed by atoms with van der Waals surface area (Å²) in [6, 6.07) is 5.03. The van der Waals surface area contributed by atoms with Crippen LogP contribution in [-0.4, -0.2) is 20.1 Å². The molecule has 0 bridgehead atoms. The predicted octanol–water partition coefficient (Wildman–Crippen LogP) is 2.74. The van der Waals surface area contributed by atoms with Crippen molar-refractivity contribution in [2.75, 3.05) is 6.54 Å². The van der Waals surface area contributed by atoms with E-state index in [1.807, 2.05) is 0 Å². The molecule has 0 unspecified atom stereocenters. The minimum absolute atomic E-state index is 0.148. The van der Waals surface area contributed by atoms with E-state index in [0.717, 1.165) is 18.8 Å². The van der Waals surface area contributed by atoms with E-state index >= 15 is 0 Å². The van der Waals surface area contributed by atoms with Gasteiger partial charge in [-0.3, -0.25) is 0 Å². The van der Waals surface area contributed by atoms with Crippen molar-refractivity contribution >= 4 is 10.0 Å². The highest BCUT2D eigenvalue weighted by molar-refractivity contribution is 7.89. The van der Waals surface area contributed by atoms with E-state index in [1.165, 1.54) is 25.7 Å². The maximum Gasteiger partial charge on any atom is 0.240 e. The van der Waals surface area contributed by atoms with Gasteiger partial charge < -0.3 is 5.11 Å². The van der Waals surface area contributed by atoms with Gasteiger partial charge in [0, 0.05) is 6.54 Å². The molecule has 0 saturated heterocycles. The molecule has 0 aromatic heterocycles. The Hall–Kier alpha value is -0.910. The fourth-order valence-electron chi connectivity index (χ4n) is 3.01. The highest BCUT2D eigenvalue weighted by Crippen LogP contribution is 2.28. The fourth-order valence-corrected chi connectivity index (χ4v) is 4.37. The standard InChI is InChI=1S/C16H25NO3S/c1-13-8-9-15(12-18)11-16(13)21(19,20)17-10-4-7-14-5-2-3-6-14/h8-9,11,14,17-18H,2-7,10,12H2,1H3.